The third-order valence-electron chi connectivity index (χ3n) is 3.51. The van der Waals surface area contributed by atoms with E-state index in [4.69, 9.17) is 4.74 Å². The first-order chi connectivity index (χ1) is 10.1. The number of anilines is 1. The van der Waals surface area contributed by atoms with Crippen molar-refractivity contribution < 1.29 is 14.3 Å². The van der Waals surface area contributed by atoms with Crippen molar-refractivity contribution >= 4 is 17.6 Å². The van der Waals surface area contributed by atoms with Gasteiger partial charge in [0.2, 0.25) is 0 Å². The number of carbonyl (C=O) groups excluding carboxylic acids is 2. The number of hydrogen-bond acceptors (Lipinski definition) is 3. The van der Waals surface area contributed by atoms with Gasteiger partial charge in [-0.2, -0.15) is 0 Å². The average molecular weight is 291 g/mol. The predicted molar refractivity (Wildman–Crippen MR) is 80.5 cm³/mol. The lowest BCUT2D eigenvalue weighted by Crippen LogP contribution is -2.47. The summed E-state index contributed by atoms with van der Waals surface area (Å²) in [5.41, 5.74) is 1.24. The van der Waals surface area contributed by atoms with Gasteiger partial charge < -0.3 is 20.3 Å². The number of nitrogens with one attached hydrogen (secondary N) is 2. The molecule has 21 heavy (non-hydrogen) atoms. The van der Waals surface area contributed by atoms with Crippen LogP contribution >= 0.6 is 0 Å². The summed E-state index contributed by atoms with van der Waals surface area (Å²) < 4.78 is 5.55. The van der Waals surface area contributed by atoms with Crippen LogP contribution in [-0.2, 0) is 4.74 Å². The fourth-order valence-corrected chi connectivity index (χ4v) is 2.20. The van der Waals surface area contributed by atoms with E-state index < -0.39 is 0 Å². The molecule has 1 fully saturated rings. The fraction of sp³-hybridized carbons (Fsp3) is 0.467. The molecule has 1 aliphatic heterocycles. The molecule has 1 heterocycles. The quantitative estimate of drug-likeness (QED) is 0.890. The number of hydrogen-bond donors (Lipinski definition) is 2. The van der Waals surface area contributed by atoms with Gasteiger partial charge in [-0.3, -0.25) is 4.79 Å². The SMILES string of the molecule is CC[C@@H]1CN(C(=O)Nc2ccc(C(=O)NC)cc2)CCO1. The highest BCUT2D eigenvalue weighted by Gasteiger charge is 2.23. The largest absolute Gasteiger partial charge is 0.375 e. The Kier molecular flexibility index (Phi) is 5.16. The molecule has 1 aliphatic rings. The number of morpholine rings is 1. The van der Waals surface area contributed by atoms with E-state index in [1.165, 1.54) is 0 Å². The highest BCUT2D eigenvalue weighted by Crippen LogP contribution is 2.13. The van der Waals surface area contributed by atoms with Crippen LogP contribution in [0.2, 0.25) is 0 Å². The molecule has 2 N–H and O–H groups in total. The Morgan fingerprint density at radius 2 is 2.05 bits per heavy atom. The molecule has 6 nitrogen and oxygen atoms in total. The predicted octanol–water partition coefficient (Wildman–Crippen LogP) is 1.69. The van der Waals surface area contributed by atoms with E-state index in [2.05, 4.69) is 10.6 Å². The van der Waals surface area contributed by atoms with Crippen molar-refractivity contribution in [3.8, 4) is 0 Å². The average Bonchev–Trinajstić information content (AvgIpc) is 2.54. The second-order valence-electron chi connectivity index (χ2n) is 4.93. The molecule has 0 bridgehead atoms. The van der Waals surface area contributed by atoms with Crippen molar-refractivity contribution in [2.45, 2.75) is 19.4 Å². The molecule has 114 valence electrons. The molecule has 0 spiro atoms. The van der Waals surface area contributed by atoms with Crippen molar-refractivity contribution in [2.75, 3.05) is 32.1 Å². The van der Waals surface area contributed by atoms with E-state index >= 15 is 0 Å². The summed E-state index contributed by atoms with van der Waals surface area (Å²) >= 11 is 0. The van der Waals surface area contributed by atoms with E-state index in [0.29, 0.717) is 30.9 Å². The third-order valence-corrected chi connectivity index (χ3v) is 3.51. The number of ether oxygens (including phenoxy) is 1. The second-order valence-corrected chi connectivity index (χ2v) is 4.93. The van der Waals surface area contributed by atoms with Crippen LogP contribution in [0, 0.1) is 0 Å². The van der Waals surface area contributed by atoms with Crippen molar-refractivity contribution in [2.24, 2.45) is 0 Å². The third kappa shape index (κ3) is 3.95. The monoisotopic (exact) mass is 291 g/mol. The smallest absolute Gasteiger partial charge is 0.322 e. The first-order valence-corrected chi connectivity index (χ1v) is 7.13. The summed E-state index contributed by atoms with van der Waals surface area (Å²) in [6.45, 7) is 3.82. The van der Waals surface area contributed by atoms with E-state index in [-0.39, 0.29) is 18.0 Å². The maximum atomic E-state index is 12.2. The van der Waals surface area contributed by atoms with E-state index in [9.17, 15) is 9.59 Å². The van der Waals surface area contributed by atoms with Gasteiger partial charge in [-0.1, -0.05) is 6.92 Å². The first-order valence-electron chi connectivity index (χ1n) is 7.13. The maximum Gasteiger partial charge on any atom is 0.322 e. The molecule has 0 aliphatic carbocycles. The topological polar surface area (TPSA) is 70.7 Å². The minimum absolute atomic E-state index is 0.111. The van der Waals surface area contributed by atoms with Crippen molar-refractivity contribution in [1.82, 2.24) is 10.2 Å². The van der Waals surface area contributed by atoms with Gasteiger partial charge in [0.05, 0.1) is 12.7 Å². The Labute approximate surface area is 124 Å². The number of nitrogens with zero attached hydrogens (tertiary/aromatic N) is 1. The molecule has 1 aromatic carbocycles. The number of carbonyl (C=O) groups is 2. The number of benzene rings is 1. The van der Waals surface area contributed by atoms with Crippen LogP contribution in [0.25, 0.3) is 0 Å². The summed E-state index contributed by atoms with van der Waals surface area (Å²) in [5.74, 6) is -0.146. The van der Waals surface area contributed by atoms with Crippen LogP contribution in [-0.4, -0.2) is 49.7 Å². The summed E-state index contributed by atoms with van der Waals surface area (Å²) in [5, 5.41) is 5.40. The minimum atomic E-state index is -0.146. The highest BCUT2D eigenvalue weighted by molar-refractivity contribution is 5.95. The molecule has 1 saturated heterocycles. The van der Waals surface area contributed by atoms with E-state index in [1.807, 2.05) is 6.92 Å². The van der Waals surface area contributed by atoms with Crippen LogP contribution < -0.4 is 10.6 Å². The normalized spacial score (nSPS) is 18.2. The Morgan fingerprint density at radius 1 is 1.33 bits per heavy atom. The van der Waals surface area contributed by atoms with E-state index in [1.54, 1.807) is 36.2 Å². The van der Waals surface area contributed by atoms with Crippen molar-refractivity contribution in [3.05, 3.63) is 29.8 Å². The minimum Gasteiger partial charge on any atom is -0.375 e. The van der Waals surface area contributed by atoms with Crippen LogP contribution in [0.1, 0.15) is 23.7 Å². The molecule has 0 unspecified atom stereocenters. The zero-order valence-corrected chi connectivity index (χ0v) is 12.4. The Balaban J connectivity index is 1.94. The molecule has 0 aromatic heterocycles. The maximum absolute atomic E-state index is 12.2. The Bertz CT molecular complexity index is 501. The first kappa shape index (κ1) is 15.3. The highest BCUT2D eigenvalue weighted by atomic mass is 16.5. The molecule has 1 aromatic rings. The van der Waals surface area contributed by atoms with Crippen LogP contribution in [0.15, 0.2) is 24.3 Å². The van der Waals surface area contributed by atoms with Gasteiger partial charge in [-0.05, 0) is 30.7 Å². The standard InChI is InChI=1S/C15H21N3O3/c1-3-13-10-18(8-9-21-13)15(20)17-12-6-4-11(5-7-12)14(19)16-2/h4-7,13H,3,8-10H2,1-2H3,(H,16,19)(H,17,20)/t13-/m1/s1. The second kappa shape index (κ2) is 7.08. The molecular formula is C15H21N3O3. The van der Waals surface area contributed by atoms with Gasteiger partial charge in [-0.15, -0.1) is 0 Å². The van der Waals surface area contributed by atoms with Gasteiger partial charge in [-0.25, -0.2) is 4.79 Å². The van der Waals surface area contributed by atoms with Gasteiger partial charge in [0.25, 0.3) is 5.91 Å². The van der Waals surface area contributed by atoms with Gasteiger partial charge >= 0.3 is 6.03 Å². The lowest BCUT2D eigenvalue weighted by molar-refractivity contribution is -0.0134. The van der Waals surface area contributed by atoms with Gasteiger partial charge in [0.15, 0.2) is 0 Å². The number of amides is 3. The van der Waals surface area contributed by atoms with Crippen molar-refractivity contribution in [1.29, 1.82) is 0 Å². The number of urea groups is 1. The zero-order chi connectivity index (χ0) is 15.2. The lowest BCUT2D eigenvalue weighted by Gasteiger charge is -2.32. The van der Waals surface area contributed by atoms with E-state index in [0.717, 1.165) is 6.42 Å². The molecule has 3 amide bonds. The summed E-state index contributed by atoms with van der Waals surface area (Å²) in [4.78, 5) is 25.4. The number of rotatable bonds is 3. The van der Waals surface area contributed by atoms with Crippen LogP contribution in [0.5, 0.6) is 0 Å². The zero-order valence-electron chi connectivity index (χ0n) is 12.4. The Morgan fingerprint density at radius 3 is 2.67 bits per heavy atom. The molecule has 1 atom stereocenters. The van der Waals surface area contributed by atoms with Crippen LogP contribution in [0.3, 0.4) is 0 Å². The fourth-order valence-electron chi connectivity index (χ4n) is 2.20. The molecule has 0 saturated carbocycles. The summed E-state index contributed by atoms with van der Waals surface area (Å²) in [6, 6.07) is 6.68. The van der Waals surface area contributed by atoms with Crippen LogP contribution in [0.4, 0.5) is 10.5 Å². The molecular weight excluding hydrogens is 270 g/mol. The lowest BCUT2D eigenvalue weighted by atomic mass is 10.2. The molecule has 2 rings (SSSR count). The Hall–Kier alpha value is -2.08. The molecule has 0 radical (unpaired) electrons. The van der Waals surface area contributed by atoms with Gasteiger partial charge in [0, 0.05) is 31.4 Å². The van der Waals surface area contributed by atoms with Crippen molar-refractivity contribution in [3.63, 3.8) is 0 Å². The molecule has 6 heteroatoms. The van der Waals surface area contributed by atoms with Gasteiger partial charge in [0.1, 0.15) is 0 Å². The summed E-state index contributed by atoms with van der Waals surface area (Å²) in [7, 11) is 1.58. The summed E-state index contributed by atoms with van der Waals surface area (Å²) in [6.07, 6.45) is 1.00.